The smallest absolute Gasteiger partial charge is 0.256 e. The molecule has 1 unspecified atom stereocenters. The Morgan fingerprint density at radius 3 is 2.44 bits per heavy atom. The Hall–Kier alpha value is -0.900. The maximum absolute atomic E-state index is 13.7. The minimum absolute atomic E-state index is 0.0170. The molecule has 0 spiro atoms. The van der Waals surface area contributed by atoms with E-state index in [9.17, 15) is 9.18 Å². The maximum Gasteiger partial charge on any atom is 0.256 e. The van der Waals surface area contributed by atoms with Gasteiger partial charge in [0.2, 0.25) is 0 Å². The Kier molecular flexibility index (Phi) is 4.54. The number of hydrogen-bond acceptors (Lipinski definition) is 1. The Morgan fingerprint density at radius 2 is 1.94 bits per heavy atom. The highest BCUT2D eigenvalue weighted by atomic mass is 79.9. The van der Waals surface area contributed by atoms with Gasteiger partial charge < -0.3 is 4.90 Å². The van der Waals surface area contributed by atoms with Crippen molar-refractivity contribution < 1.29 is 9.18 Å². The SMILES string of the molecule is CC(N(C)C(=O)c1cc(Br)ccc1F)C(C)(C)C. The van der Waals surface area contributed by atoms with Crippen molar-refractivity contribution in [2.24, 2.45) is 5.41 Å². The zero-order chi connectivity index (χ0) is 14.1. The molecule has 1 atom stereocenters. The molecule has 1 amide bonds. The van der Waals surface area contributed by atoms with Crippen molar-refractivity contribution in [3.8, 4) is 0 Å². The van der Waals surface area contributed by atoms with Crippen molar-refractivity contribution in [1.29, 1.82) is 0 Å². The molecule has 0 radical (unpaired) electrons. The fraction of sp³-hybridized carbons (Fsp3) is 0.500. The molecule has 0 aromatic heterocycles. The van der Waals surface area contributed by atoms with E-state index in [1.54, 1.807) is 18.0 Å². The molecule has 0 fully saturated rings. The van der Waals surface area contributed by atoms with Gasteiger partial charge in [0.05, 0.1) is 5.56 Å². The van der Waals surface area contributed by atoms with Gasteiger partial charge >= 0.3 is 0 Å². The number of halogens is 2. The molecule has 0 saturated heterocycles. The van der Waals surface area contributed by atoms with Gasteiger partial charge in [-0.1, -0.05) is 36.7 Å². The normalized spacial score (nSPS) is 13.3. The first-order chi connectivity index (χ1) is 8.14. The monoisotopic (exact) mass is 315 g/mol. The molecule has 0 bridgehead atoms. The Balaban J connectivity index is 3.04. The molecule has 18 heavy (non-hydrogen) atoms. The van der Waals surface area contributed by atoms with Crippen LogP contribution in [0.3, 0.4) is 0 Å². The number of hydrogen-bond donors (Lipinski definition) is 0. The van der Waals surface area contributed by atoms with Crippen LogP contribution in [0.25, 0.3) is 0 Å². The van der Waals surface area contributed by atoms with Crippen LogP contribution >= 0.6 is 15.9 Å². The third-order valence-corrected chi connectivity index (χ3v) is 3.81. The number of carbonyl (C=O) groups is 1. The van der Waals surface area contributed by atoms with E-state index in [-0.39, 0.29) is 22.9 Å². The minimum atomic E-state index is -0.490. The fourth-order valence-electron chi connectivity index (χ4n) is 1.61. The average molecular weight is 316 g/mol. The molecule has 0 aliphatic carbocycles. The summed E-state index contributed by atoms with van der Waals surface area (Å²) in [7, 11) is 1.71. The van der Waals surface area contributed by atoms with Crippen LogP contribution in [0, 0.1) is 11.2 Å². The maximum atomic E-state index is 13.7. The lowest BCUT2D eigenvalue weighted by Gasteiger charge is -2.35. The van der Waals surface area contributed by atoms with Crippen LogP contribution in [0.1, 0.15) is 38.1 Å². The van der Waals surface area contributed by atoms with Crippen LogP contribution in [0.5, 0.6) is 0 Å². The van der Waals surface area contributed by atoms with Crippen molar-refractivity contribution in [3.63, 3.8) is 0 Å². The van der Waals surface area contributed by atoms with Gasteiger partial charge in [0, 0.05) is 17.6 Å². The zero-order valence-corrected chi connectivity index (χ0v) is 13.0. The highest BCUT2D eigenvalue weighted by Crippen LogP contribution is 2.25. The van der Waals surface area contributed by atoms with Crippen LogP contribution in [0.15, 0.2) is 22.7 Å². The molecule has 1 rings (SSSR count). The van der Waals surface area contributed by atoms with Gasteiger partial charge in [-0.3, -0.25) is 4.79 Å². The lowest BCUT2D eigenvalue weighted by molar-refractivity contribution is 0.0624. The van der Waals surface area contributed by atoms with Crippen LogP contribution in [-0.4, -0.2) is 23.9 Å². The van der Waals surface area contributed by atoms with Gasteiger partial charge in [0.15, 0.2) is 0 Å². The number of carbonyl (C=O) groups excluding carboxylic acids is 1. The third-order valence-electron chi connectivity index (χ3n) is 3.31. The van der Waals surface area contributed by atoms with E-state index in [2.05, 4.69) is 36.7 Å². The summed E-state index contributed by atoms with van der Waals surface area (Å²) < 4.78 is 14.4. The lowest BCUT2D eigenvalue weighted by atomic mass is 9.87. The van der Waals surface area contributed by atoms with Gasteiger partial charge in [-0.05, 0) is 30.5 Å². The van der Waals surface area contributed by atoms with Gasteiger partial charge in [-0.15, -0.1) is 0 Å². The van der Waals surface area contributed by atoms with E-state index in [4.69, 9.17) is 0 Å². The lowest BCUT2D eigenvalue weighted by Crippen LogP contribution is -2.43. The first kappa shape index (κ1) is 15.2. The summed E-state index contributed by atoms with van der Waals surface area (Å²) in [5.41, 5.74) is 0.0513. The Bertz CT molecular complexity index is 454. The topological polar surface area (TPSA) is 20.3 Å². The molecule has 100 valence electrons. The number of amides is 1. The number of nitrogens with zero attached hydrogens (tertiary/aromatic N) is 1. The summed E-state index contributed by atoms with van der Waals surface area (Å²) in [4.78, 5) is 13.9. The predicted molar refractivity (Wildman–Crippen MR) is 75.1 cm³/mol. The van der Waals surface area contributed by atoms with Crippen molar-refractivity contribution >= 4 is 21.8 Å². The molecular formula is C14H19BrFNO. The third kappa shape index (κ3) is 3.31. The average Bonchev–Trinajstić information content (AvgIpc) is 2.28. The Labute approximate surface area is 116 Å². The first-order valence-electron chi connectivity index (χ1n) is 5.87. The molecular weight excluding hydrogens is 297 g/mol. The highest BCUT2D eigenvalue weighted by molar-refractivity contribution is 9.10. The van der Waals surface area contributed by atoms with Gasteiger partial charge in [0.25, 0.3) is 5.91 Å². The van der Waals surface area contributed by atoms with E-state index in [1.165, 1.54) is 12.1 Å². The molecule has 4 heteroatoms. The van der Waals surface area contributed by atoms with Crippen LogP contribution in [-0.2, 0) is 0 Å². The summed E-state index contributed by atoms with van der Waals surface area (Å²) >= 11 is 3.25. The summed E-state index contributed by atoms with van der Waals surface area (Å²) in [6, 6.07) is 4.42. The van der Waals surface area contributed by atoms with Gasteiger partial charge in [-0.2, -0.15) is 0 Å². The molecule has 2 nitrogen and oxygen atoms in total. The molecule has 0 heterocycles. The second kappa shape index (κ2) is 5.39. The summed E-state index contributed by atoms with van der Waals surface area (Å²) in [6.45, 7) is 8.13. The number of rotatable bonds is 2. The zero-order valence-electron chi connectivity index (χ0n) is 11.4. The van der Waals surface area contributed by atoms with Crippen LogP contribution < -0.4 is 0 Å². The predicted octanol–water partition coefficient (Wildman–Crippen LogP) is 4.09. The van der Waals surface area contributed by atoms with Crippen molar-refractivity contribution in [3.05, 3.63) is 34.1 Å². The minimum Gasteiger partial charge on any atom is -0.338 e. The first-order valence-corrected chi connectivity index (χ1v) is 6.66. The highest BCUT2D eigenvalue weighted by Gasteiger charge is 2.28. The van der Waals surface area contributed by atoms with E-state index in [1.807, 2.05) is 6.92 Å². The molecule has 0 N–H and O–H groups in total. The second-order valence-electron chi connectivity index (χ2n) is 5.58. The van der Waals surface area contributed by atoms with E-state index in [0.717, 1.165) is 0 Å². The molecule has 0 aliphatic heterocycles. The standard InChI is InChI=1S/C14H19BrFNO/c1-9(14(2,3)4)17(5)13(18)11-8-10(15)6-7-12(11)16/h6-9H,1-5H3. The van der Waals surface area contributed by atoms with Crippen LogP contribution in [0.2, 0.25) is 0 Å². The Morgan fingerprint density at radius 1 is 1.39 bits per heavy atom. The molecule has 1 aromatic rings. The van der Waals surface area contributed by atoms with E-state index < -0.39 is 5.82 Å². The summed E-state index contributed by atoms with van der Waals surface area (Å²) in [6.07, 6.45) is 0. The van der Waals surface area contributed by atoms with Gasteiger partial charge in [0.1, 0.15) is 5.82 Å². The van der Waals surface area contributed by atoms with E-state index in [0.29, 0.717) is 4.47 Å². The van der Waals surface area contributed by atoms with Crippen molar-refractivity contribution in [1.82, 2.24) is 4.90 Å². The van der Waals surface area contributed by atoms with Crippen LogP contribution in [0.4, 0.5) is 4.39 Å². The number of benzene rings is 1. The van der Waals surface area contributed by atoms with Crippen molar-refractivity contribution in [2.75, 3.05) is 7.05 Å². The molecule has 0 saturated carbocycles. The molecule has 1 aromatic carbocycles. The molecule has 0 aliphatic rings. The van der Waals surface area contributed by atoms with E-state index >= 15 is 0 Å². The fourth-order valence-corrected chi connectivity index (χ4v) is 1.97. The van der Waals surface area contributed by atoms with Crippen molar-refractivity contribution in [2.45, 2.75) is 33.7 Å². The van der Waals surface area contributed by atoms with Gasteiger partial charge in [-0.25, -0.2) is 4.39 Å². The largest absolute Gasteiger partial charge is 0.338 e. The summed E-state index contributed by atoms with van der Waals surface area (Å²) in [5.74, 6) is -0.785. The second-order valence-corrected chi connectivity index (χ2v) is 6.50. The summed E-state index contributed by atoms with van der Waals surface area (Å²) in [5, 5.41) is 0. The quantitative estimate of drug-likeness (QED) is 0.804.